The van der Waals surface area contributed by atoms with Gasteiger partial charge in [0.05, 0.1) is 6.54 Å². The number of pyridine rings is 1. The molecule has 2 N–H and O–H groups in total. The molecule has 0 bridgehead atoms. The molecule has 6 nitrogen and oxygen atoms in total. The summed E-state index contributed by atoms with van der Waals surface area (Å²) in [6, 6.07) is 0.567. The number of fused-ring (bicyclic) bond motifs is 1. The molecule has 1 atom stereocenters. The number of likely N-dealkylation sites (tertiary alicyclic amines) is 1. The van der Waals surface area contributed by atoms with Gasteiger partial charge in [0.1, 0.15) is 0 Å². The average Bonchev–Trinajstić information content (AvgIpc) is 3.02. The summed E-state index contributed by atoms with van der Waals surface area (Å²) in [5.41, 5.74) is 4.87. The second kappa shape index (κ2) is 10.4. The third-order valence-electron chi connectivity index (χ3n) is 5.28. The average molecular weight is 404 g/mol. The number of carbonyl (C=O) groups is 1. The molecule has 3 rings (SSSR count). The largest absolute Gasteiger partial charge is 0.351 e. The molecule has 1 saturated heterocycles. The van der Waals surface area contributed by atoms with Crippen LogP contribution in [-0.2, 0) is 24.3 Å². The van der Waals surface area contributed by atoms with E-state index in [0.717, 1.165) is 44.7 Å². The van der Waals surface area contributed by atoms with Gasteiger partial charge in [0.25, 0.3) is 0 Å². The zero-order valence-corrected chi connectivity index (χ0v) is 17.5. The van der Waals surface area contributed by atoms with Gasteiger partial charge in [-0.05, 0) is 57.1 Å². The van der Waals surface area contributed by atoms with Crippen molar-refractivity contribution in [1.29, 1.82) is 0 Å². The first kappa shape index (κ1) is 23.1. The highest BCUT2D eigenvalue weighted by atomic mass is 35.5. The molecule has 1 aromatic heterocycles. The number of aromatic nitrogens is 1. The smallest absolute Gasteiger partial charge is 0.234 e. The Balaban J connectivity index is 0.00000169. The van der Waals surface area contributed by atoms with Crippen LogP contribution in [-0.4, -0.2) is 67.0 Å². The van der Waals surface area contributed by atoms with Crippen molar-refractivity contribution in [2.24, 2.45) is 0 Å². The summed E-state index contributed by atoms with van der Waals surface area (Å²) in [6.45, 7) is 6.97. The third-order valence-corrected chi connectivity index (χ3v) is 5.28. The topological polar surface area (TPSA) is 60.5 Å². The van der Waals surface area contributed by atoms with Crippen molar-refractivity contribution in [3.8, 4) is 0 Å². The Morgan fingerprint density at radius 2 is 2.19 bits per heavy atom. The number of aryl methyl sites for hydroxylation is 1. The second-order valence-electron chi connectivity index (χ2n) is 7.17. The molecular weight excluding hydrogens is 373 g/mol. The first-order valence-corrected chi connectivity index (χ1v) is 8.87. The van der Waals surface area contributed by atoms with Crippen LogP contribution in [0.15, 0.2) is 6.20 Å². The van der Waals surface area contributed by atoms with E-state index >= 15 is 0 Å². The van der Waals surface area contributed by atoms with Crippen LogP contribution < -0.4 is 10.6 Å². The Morgan fingerprint density at radius 1 is 1.42 bits per heavy atom. The van der Waals surface area contributed by atoms with Gasteiger partial charge in [0.15, 0.2) is 0 Å². The summed E-state index contributed by atoms with van der Waals surface area (Å²) < 4.78 is 0. The van der Waals surface area contributed by atoms with E-state index in [1.807, 2.05) is 13.1 Å². The number of halogens is 2. The summed E-state index contributed by atoms with van der Waals surface area (Å²) in [4.78, 5) is 21.3. The Bertz CT molecular complexity index is 611. The molecule has 148 valence electrons. The lowest BCUT2D eigenvalue weighted by atomic mass is 9.96. The van der Waals surface area contributed by atoms with E-state index in [1.165, 1.54) is 16.7 Å². The Morgan fingerprint density at radius 3 is 2.88 bits per heavy atom. The first-order valence-electron chi connectivity index (χ1n) is 8.87. The number of nitrogens with zero attached hydrogens (tertiary/aromatic N) is 3. The highest BCUT2D eigenvalue weighted by molar-refractivity contribution is 5.85. The van der Waals surface area contributed by atoms with Gasteiger partial charge in [0, 0.05) is 44.1 Å². The van der Waals surface area contributed by atoms with Gasteiger partial charge in [-0.25, -0.2) is 0 Å². The molecule has 1 fully saturated rings. The zero-order valence-electron chi connectivity index (χ0n) is 15.9. The van der Waals surface area contributed by atoms with Crippen molar-refractivity contribution in [3.05, 3.63) is 28.6 Å². The van der Waals surface area contributed by atoms with E-state index in [9.17, 15) is 4.79 Å². The minimum absolute atomic E-state index is 0. The lowest BCUT2D eigenvalue weighted by Gasteiger charge is -2.22. The maximum absolute atomic E-state index is 12.3. The van der Waals surface area contributed by atoms with Crippen molar-refractivity contribution < 1.29 is 4.79 Å². The quantitative estimate of drug-likeness (QED) is 0.771. The molecular formula is C18H31Cl2N5O. The molecule has 0 spiro atoms. The minimum Gasteiger partial charge on any atom is -0.351 e. The molecule has 1 aromatic rings. The molecule has 0 aliphatic carbocycles. The van der Waals surface area contributed by atoms with E-state index in [0.29, 0.717) is 19.1 Å². The van der Waals surface area contributed by atoms with Crippen LogP contribution >= 0.6 is 24.8 Å². The molecule has 2 aliphatic rings. The van der Waals surface area contributed by atoms with Crippen molar-refractivity contribution in [1.82, 2.24) is 25.4 Å². The lowest BCUT2D eigenvalue weighted by Crippen LogP contribution is -2.38. The van der Waals surface area contributed by atoms with Gasteiger partial charge in [-0.3, -0.25) is 14.7 Å². The van der Waals surface area contributed by atoms with Crippen molar-refractivity contribution in [3.63, 3.8) is 0 Å². The highest BCUT2D eigenvalue weighted by Gasteiger charge is 2.25. The maximum Gasteiger partial charge on any atom is 0.234 e. The number of nitrogens with one attached hydrogen (secondary N) is 2. The van der Waals surface area contributed by atoms with E-state index in [4.69, 9.17) is 0 Å². The number of likely N-dealkylation sites (N-methyl/N-ethyl adjacent to an activating group) is 1. The Kier molecular flexibility index (Phi) is 9.27. The van der Waals surface area contributed by atoms with Gasteiger partial charge < -0.3 is 15.5 Å². The van der Waals surface area contributed by atoms with Crippen LogP contribution in [0.3, 0.4) is 0 Å². The number of carbonyl (C=O) groups excluding carboxylic acids is 1. The number of hydrogen-bond donors (Lipinski definition) is 2. The van der Waals surface area contributed by atoms with Crippen LogP contribution in [0, 0.1) is 6.92 Å². The fourth-order valence-corrected chi connectivity index (χ4v) is 3.70. The number of rotatable bonds is 5. The standard InChI is InChI=1S/C18H29N5O.2ClH/c1-13-17(16-4-6-19-8-14(16)9-20-13)10-21-18(24)12-23-7-5-15(11-23)22(2)3;;/h9,15,19H,4-8,10-12H2,1-3H3,(H,21,24);2*1H. The fraction of sp³-hybridized carbons (Fsp3) is 0.667. The summed E-state index contributed by atoms with van der Waals surface area (Å²) >= 11 is 0. The van der Waals surface area contributed by atoms with Crippen molar-refractivity contribution >= 4 is 30.7 Å². The Labute approximate surface area is 168 Å². The van der Waals surface area contributed by atoms with Gasteiger partial charge in [-0.2, -0.15) is 0 Å². The second-order valence-corrected chi connectivity index (χ2v) is 7.17. The third kappa shape index (κ3) is 5.54. The number of amides is 1. The van der Waals surface area contributed by atoms with E-state index < -0.39 is 0 Å². The van der Waals surface area contributed by atoms with Crippen molar-refractivity contribution in [2.45, 2.75) is 38.9 Å². The van der Waals surface area contributed by atoms with Gasteiger partial charge in [-0.15, -0.1) is 24.8 Å². The van der Waals surface area contributed by atoms with Gasteiger partial charge in [0.2, 0.25) is 5.91 Å². The van der Waals surface area contributed by atoms with Crippen LogP contribution in [0.5, 0.6) is 0 Å². The lowest BCUT2D eigenvalue weighted by molar-refractivity contribution is -0.122. The predicted molar refractivity (Wildman–Crippen MR) is 109 cm³/mol. The molecule has 2 aliphatic heterocycles. The summed E-state index contributed by atoms with van der Waals surface area (Å²) in [6.07, 6.45) is 4.12. The zero-order chi connectivity index (χ0) is 17.1. The molecule has 0 radical (unpaired) electrons. The maximum atomic E-state index is 12.3. The molecule has 1 amide bonds. The normalized spacial score (nSPS) is 19.5. The van der Waals surface area contributed by atoms with E-state index in [-0.39, 0.29) is 30.7 Å². The summed E-state index contributed by atoms with van der Waals surface area (Å²) in [7, 11) is 4.22. The molecule has 3 heterocycles. The highest BCUT2D eigenvalue weighted by Crippen LogP contribution is 2.20. The summed E-state index contributed by atoms with van der Waals surface area (Å²) in [5.74, 6) is 0.111. The molecule has 26 heavy (non-hydrogen) atoms. The first-order chi connectivity index (χ1) is 11.5. The predicted octanol–water partition coefficient (Wildman–Crippen LogP) is 1.13. The van der Waals surface area contributed by atoms with Crippen LogP contribution in [0.4, 0.5) is 0 Å². The van der Waals surface area contributed by atoms with Crippen molar-refractivity contribution in [2.75, 3.05) is 40.3 Å². The van der Waals surface area contributed by atoms with E-state index in [2.05, 4.69) is 39.5 Å². The molecule has 0 aromatic carbocycles. The monoisotopic (exact) mass is 403 g/mol. The minimum atomic E-state index is 0. The van der Waals surface area contributed by atoms with Crippen LogP contribution in [0.1, 0.15) is 28.8 Å². The summed E-state index contributed by atoms with van der Waals surface area (Å²) in [5, 5.41) is 6.48. The fourth-order valence-electron chi connectivity index (χ4n) is 3.70. The Hall–Kier alpha value is -0.920. The SMILES string of the molecule is Cc1ncc2c(c1CNC(=O)CN1CCC(N(C)C)C1)CCNC2.Cl.Cl. The van der Waals surface area contributed by atoms with E-state index in [1.54, 1.807) is 0 Å². The van der Waals surface area contributed by atoms with Crippen LogP contribution in [0.2, 0.25) is 0 Å². The van der Waals surface area contributed by atoms with Crippen LogP contribution in [0.25, 0.3) is 0 Å². The number of hydrogen-bond acceptors (Lipinski definition) is 5. The molecule has 8 heteroatoms. The molecule has 0 saturated carbocycles. The molecule has 1 unspecified atom stereocenters. The van der Waals surface area contributed by atoms with Gasteiger partial charge >= 0.3 is 0 Å². The van der Waals surface area contributed by atoms with Gasteiger partial charge in [-0.1, -0.05) is 0 Å².